The number of piperidine rings is 1. The molecule has 1 aliphatic heterocycles. The van der Waals surface area contributed by atoms with E-state index in [1.807, 2.05) is 0 Å². The van der Waals surface area contributed by atoms with Crippen LogP contribution in [0.1, 0.15) is 18.4 Å². The molecular formula is C20H25ClFNO3S. The van der Waals surface area contributed by atoms with Crippen LogP contribution >= 0.6 is 12.4 Å². The summed E-state index contributed by atoms with van der Waals surface area (Å²) in [6, 6.07) is 13.4. The van der Waals surface area contributed by atoms with Gasteiger partial charge in [-0.2, -0.15) is 0 Å². The van der Waals surface area contributed by atoms with Gasteiger partial charge < -0.3 is 9.64 Å². The van der Waals surface area contributed by atoms with Gasteiger partial charge in [0.1, 0.15) is 16.5 Å². The third kappa shape index (κ3) is 5.21. The first-order valence-corrected chi connectivity index (χ1v) is 10.4. The summed E-state index contributed by atoms with van der Waals surface area (Å²) < 4.78 is 44.1. The van der Waals surface area contributed by atoms with Crippen molar-refractivity contribution >= 4 is 22.2 Å². The molecule has 2 aromatic rings. The Kier molecular flexibility index (Phi) is 7.65. The highest BCUT2D eigenvalue weighted by molar-refractivity contribution is 7.92. The molecule has 1 fully saturated rings. The summed E-state index contributed by atoms with van der Waals surface area (Å²) in [7, 11) is -1.90. The molecule has 0 spiro atoms. The Morgan fingerprint density at radius 1 is 1.07 bits per heavy atom. The first kappa shape index (κ1) is 21.7. The van der Waals surface area contributed by atoms with Gasteiger partial charge >= 0.3 is 0 Å². The molecule has 0 aliphatic carbocycles. The summed E-state index contributed by atoms with van der Waals surface area (Å²) in [4.78, 5) is 2.56. The number of likely N-dealkylation sites (tertiary alicyclic amines) is 1. The molecular weight excluding hydrogens is 389 g/mol. The molecule has 1 heterocycles. The Labute approximate surface area is 166 Å². The van der Waals surface area contributed by atoms with E-state index < -0.39 is 9.84 Å². The summed E-state index contributed by atoms with van der Waals surface area (Å²) >= 11 is 0. The molecule has 2 aromatic carbocycles. The van der Waals surface area contributed by atoms with Crippen LogP contribution in [0.4, 0.5) is 4.39 Å². The smallest absolute Gasteiger partial charge is 0.184 e. The summed E-state index contributed by atoms with van der Waals surface area (Å²) in [6.45, 7) is 2.35. The standard InChI is InChI=1S/C20H24FNO3S.ClH/c1-25-19-4-2-3-5-20(19)26(23,24)18-11-14-22(15-12-18)13-10-16-6-8-17(21)9-7-16;/h2-9,18H,10-15H2,1H3;1H. The molecule has 27 heavy (non-hydrogen) atoms. The van der Waals surface area contributed by atoms with Crippen LogP contribution in [0.2, 0.25) is 0 Å². The molecule has 3 rings (SSSR count). The van der Waals surface area contributed by atoms with E-state index in [9.17, 15) is 12.8 Å². The van der Waals surface area contributed by atoms with Crippen molar-refractivity contribution in [3.05, 3.63) is 59.9 Å². The van der Waals surface area contributed by atoms with Gasteiger partial charge in [0.25, 0.3) is 0 Å². The Morgan fingerprint density at radius 3 is 2.33 bits per heavy atom. The molecule has 7 heteroatoms. The highest BCUT2D eigenvalue weighted by Crippen LogP contribution is 2.30. The number of benzene rings is 2. The molecule has 0 saturated carbocycles. The quantitative estimate of drug-likeness (QED) is 0.723. The Hall–Kier alpha value is -1.63. The normalized spacial score (nSPS) is 15.9. The topological polar surface area (TPSA) is 46.6 Å². The van der Waals surface area contributed by atoms with Crippen LogP contribution in [0.25, 0.3) is 0 Å². The lowest BCUT2D eigenvalue weighted by Gasteiger charge is -2.31. The minimum Gasteiger partial charge on any atom is -0.495 e. The second kappa shape index (κ2) is 9.53. The number of ether oxygens (including phenoxy) is 1. The number of halogens is 2. The van der Waals surface area contributed by atoms with Crippen molar-refractivity contribution in [2.75, 3.05) is 26.7 Å². The lowest BCUT2D eigenvalue weighted by atomic mass is 10.1. The third-order valence-corrected chi connectivity index (χ3v) is 7.28. The number of nitrogens with zero attached hydrogens (tertiary/aromatic N) is 1. The number of methoxy groups -OCH3 is 1. The summed E-state index contributed by atoms with van der Waals surface area (Å²) in [5.74, 6) is 0.183. The van der Waals surface area contributed by atoms with Crippen molar-refractivity contribution in [2.45, 2.75) is 29.4 Å². The van der Waals surface area contributed by atoms with Crippen LogP contribution in [-0.4, -0.2) is 45.3 Å². The van der Waals surface area contributed by atoms with Gasteiger partial charge in [0, 0.05) is 6.54 Å². The fourth-order valence-electron chi connectivity index (χ4n) is 3.41. The third-order valence-electron chi connectivity index (χ3n) is 4.98. The first-order valence-electron chi connectivity index (χ1n) is 8.84. The SMILES string of the molecule is COc1ccccc1S(=O)(=O)C1CCN(CCc2ccc(F)cc2)CC1.Cl. The first-order chi connectivity index (χ1) is 12.5. The van der Waals surface area contributed by atoms with E-state index in [1.54, 1.807) is 36.4 Å². The molecule has 0 unspecified atom stereocenters. The van der Waals surface area contributed by atoms with Gasteiger partial charge in [-0.05, 0) is 62.2 Å². The van der Waals surface area contributed by atoms with Crippen LogP contribution in [-0.2, 0) is 16.3 Å². The average Bonchev–Trinajstić information content (AvgIpc) is 2.68. The minimum absolute atomic E-state index is 0. The molecule has 148 valence electrons. The number of hydrogen-bond acceptors (Lipinski definition) is 4. The Morgan fingerprint density at radius 2 is 1.70 bits per heavy atom. The fraction of sp³-hybridized carbons (Fsp3) is 0.400. The van der Waals surface area contributed by atoms with E-state index in [1.165, 1.54) is 19.2 Å². The maximum atomic E-state index is 13.0. The second-order valence-corrected chi connectivity index (χ2v) is 8.81. The molecule has 1 saturated heterocycles. The van der Waals surface area contributed by atoms with Gasteiger partial charge in [0.2, 0.25) is 0 Å². The van der Waals surface area contributed by atoms with Crippen LogP contribution in [0.15, 0.2) is 53.4 Å². The fourth-order valence-corrected chi connectivity index (χ4v) is 5.31. The number of sulfone groups is 1. The molecule has 0 bridgehead atoms. The van der Waals surface area contributed by atoms with Crippen molar-refractivity contribution in [1.82, 2.24) is 4.90 Å². The zero-order chi connectivity index (χ0) is 18.6. The van der Waals surface area contributed by atoms with Gasteiger partial charge in [-0.3, -0.25) is 0 Å². The van der Waals surface area contributed by atoms with Crippen molar-refractivity contribution in [3.63, 3.8) is 0 Å². The number of hydrogen-bond donors (Lipinski definition) is 0. The van der Waals surface area contributed by atoms with Crippen LogP contribution < -0.4 is 4.74 Å². The van der Waals surface area contributed by atoms with Gasteiger partial charge in [0.15, 0.2) is 9.84 Å². The van der Waals surface area contributed by atoms with Crippen LogP contribution in [0.3, 0.4) is 0 Å². The Bertz CT molecular complexity index is 835. The van der Waals surface area contributed by atoms with E-state index in [-0.39, 0.29) is 28.4 Å². The molecule has 0 N–H and O–H groups in total. The lowest BCUT2D eigenvalue weighted by molar-refractivity contribution is 0.232. The highest BCUT2D eigenvalue weighted by Gasteiger charge is 2.32. The molecule has 0 radical (unpaired) electrons. The average molecular weight is 414 g/mol. The van der Waals surface area contributed by atoms with E-state index in [4.69, 9.17) is 4.74 Å². The molecule has 0 amide bonds. The molecule has 0 aromatic heterocycles. The van der Waals surface area contributed by atoms with Crippen molar-refractivity contribution < 1.29 is 17.5 Å². The Balaban J connectivity index is 0.00000261. The highest BCUT2D eigenvalue weighted by atomic mass is 35.5. The maximum absolute atomic E-state index is 13.0. The van der Waals surface area contributed by atoms with Gasteiger partial charge in [-0.1, -0.05) is 24.3 Å². The van der Waals surface area contributed by atoms with Gasteiger partial charge in [-0.15, -0.1) is 12.4 Å². The van der Waals surface area contributed by atoms with Crippen molar-refractivity contribution in [2.24, 2.45) is 0 Å². The molecule has 1 aliphatic rings. The van der Waals surface area contributed by atoms with Gasteiger partial charge in [-0.25, -0.2) is 12.8 Å². The maximum Gasteiger partial charge on any atom is 0.184 e. The largest absolute Gasteiger partial charge is 0.495 e. The zero-order valence-electron chi connectivity index (χ0n) is 15.3. The second-order valence-electron chi connectivity index (χ2n) is 6.61. The summed E-state index contributed by atoms with van der Waals surface area (Å²) in [5.41, 5.74) is 1.09. The van der Waals surface area contributed by atoms with E-state index in [2.05, 4.69) is 4.90 Å². The minimum atomic E-state index is -3.39. The number of rotatable bonds is 6. The van der Waals surface area contributed by atoms with Crippen LogP contribution in [0.5, 0.6) is 5.75 Å². The summed E-state index contributed by atoms with van der Waals surface area (Å²) in [6.07, 6.45) is 2.07. The summed E-state index contributed by atoms with van der Waals surface area (Å²) in [5, 5.41) is -0.374. The van der Waals surface area contributed by atoms with Crippen LogP contribution in [0, 0.1) is 5.82 Å². The van der Waals surface area contributed by atoms with E-state index in [0.717, 1.165) is 31.6 Å². The monoisotopic (exact) mass is 413 g/mol. The van der Waals surface area contributed by atoms with Crippen molar-refractivity contribution in [3.8, 4) is 5.75 Å². The predicted octanol–water partition coefficient (Wildman–Crippen LogP) is 3.74. The lowest BCUT2D eigenvalue weighted by Crippen LogP contribution is -2.40. The predicted molar refractivity (Wildman–Crippen MR) is 107 cm³/mol. The molecule has 4 nitrogen and oxygen atoms in total. The van der Waals surface area contributed by atoms with E-state index in [0.29, 0.717) is 18.6 Å². The van der Waals surface area contributed by atoms with Crippen molar-refractivity contribution in [1.29, 1.82) is 0 Å². The van der Waals surface area contributed by atoms with E-state index >= 15 is 0 Å². The van der Waals surface area contributed by atoms with Gasteiger partial charge in [0.05, 0.1) is 12.4 Å². The zero-order valence-corrected chi connectivity index (χ0v) is 16.9. The number of para-hydroxylation sites is 1. The molecule has 0 atom stereocenters.